The molecular formula is C15H26. The fraction of sp³-hybridized carbons (Fsp3) is 0.733. The van der Waals surface area contributed by atoms with E-state index in [1.807, 2.05) is 0 Å². The molecule has 1 aliphatic carbocycles. The maximum atomic E-state index is 2.49. The summed E-state index contributed by atoms with van der Waals surface area (Å²) in [4.78, 5) is 0. The summed E-state index contributed by atoms with van der Waals surface area (Å²) in [5.74, 6) is 0. The van der Waals surface area contributed by atoms with Gasteiger partial charge in [0.15, 0.2) is 0 Å². The fourth-order valence-electron chi connectivity index (χ4n) is 1.87. The summed E-state index contributed by atoms with van der Waals surface area (Å²) < 4.78 is 0. The van der Waals surface area contributed by atoms with Crippen LogP contribution < -0.4 is 0 Å². The molecule has 0 nitrogen and oxygen atoms in total. The van der Waals surface area contributed by atoms with E-state index in [0.29, 0.717) is 10.8 Å². The van der Waals surface area contributed by atoms with E-state index < -0.39 is 0 Å². The summed E-state index contributed by atoms with van der Waals surface area (Å²) in [7, 11) is 0. The minimum Gasteiger partial charge on any atom is -0.0834 e. The zero-order valence-electron chi connectivity index (χ0n) is 11.4. The Hall–Kier alpha value is -0.520. The zero-order valence-corrected chi connectivity index (χ0v) is 11.4. The van der Waals surface area contributed by atoms with Crippen molar-refractivity contribution in [1.29, 1.82) is 0 Å². The van der Waals surface area contributed by atoms with Crippen molar-refractivity contribution in [2.45, 2.75) is 54.9 Å². The molecule has 0 amide bonds. The molecule has 0 aromatic carbocycles. The van der Waals surface area contributed by atoms with Gasteiger partial charge in [-0.2, -0.15) is 0 Å². The van der Waals surface area contributed by atoms with Crippen molar-refractivity contribution in [2.75, 3.05) is 0 Å². The van der Waals surface area contributed by atoms with Crippen LogP contribution >= 0.6 is 0 Å². The molecule has 0 fully saturated rings. The molecular weight excluding hydrogens is 180 g/mol. The van der Waals surface area contributed by atoms with Crippen molar-refractivity contribution < 1.29 is 0 Å². The number of hydrogen-bond acceptors (Lipinski definition) is 0. The molecule has 0 N–H and O–H groups in total. The summed E-state index contributed by atoms with van der Waals surface area (Å²) in [5.41, 5.74) is 2.37. The van der Waals surface area contributed by atoms with Gasteiger partial charge in [0.05, 0.1) is 0 Å². The Morgan fingerprint density at radius 3 is 2.00 bits per heavy atom. The molecule has 0 spiro atoms. The average molecular weight is 206 g/mol. The smallest absolute Gasteiger partial charge is 0.00575 e. The van der Waals surface area contributed by atoms with Crippen LogP contribution in [0.1, 0.15) is 54.9 Å². The molecule has 1 rings (SSSR count). The van der Waals surface area contributed by atoms with Crippen LogP contribution in [0.25, 0.3) is 0 Å². The lowest BCUT2D eigenvalue weighted by Gasteiger charge is -2.42. The lowest BCUT2D eigenvalue weighted by Crippen LogP contribution is -2.33. The highest BCUT2D eigenvalue weighted by Crippen LogP contribution is 2.47. The van der Waals surface area contributed by atoms with E-state index in [2.05, 4.69) is 66.7 Å². The van der Waals surface area contributed by atoms with Crippen molar-refractivity contribution in [3.8, 4) is 0 Å². The second-order valence-corrected chi connectivity index (χ2v) is 7.12. The van der Waals surface area contributed by atoms with E-state index in [9.17, 15) is 0 Å². The highest BCUT2D eigenvalue weighted by atomic mass is 14.4. The quantitative estimate of drug-likeness (QED) is 0.525. The van der Waals surface area contributed by atoms with Crippen molar-refractivity contribution >= 4 is 0 Å². The van der Waals surface area contributed by atoms with Gasteiger partial charge in [-0.1, -0.05) is 66.7 Å². The van der Waals surface area contributed by atoms with E-state index in [1.54, 1.807) is 0 Å². The molecule has 0 saturated heterocycles. The van der Waals surface area contributed by atoms with Gasteiger partial charge < -0.3 is 0 Å². The van der Waals surface area contributed by atoms with Crippen LogP contribution in [-0.2, 0) is 0 Å². The van der Waals surface area contributed by atoms with Crippen molar-refractivity contribution in [1.82, 2.24) is 0 Å². The molecule has 0 aromatic rings. The Morgan fingerprint density at radius 1 is 1.07 bits per heavy atom. The van der Waals surface area contributed by atoms with E-state index in [0.717, 1.165) is 6.42 Å². The average Bonchev–Trinajstić information content (AvgIpc) is 2.00. The summed E-state index contributed by atoms with van der Waals surface area (Å²) in [6, 6.07) is 0. The number of allylic oxidation sites excluding steroid dienone is 4. The van der Waals surface area contributed by atoms with Gasteiger partial charge in [0, 0.05) is 0 Å². The Morgan fingerprint density at radius 2 is 1.60 bits per heavy atom. The van der Waals surface area contributed by atoms with E-state index >= 15 is 0 Å². The van der Waals surface area contributed by atoms with Gasteiger partial charge >= 0.3 is 0 Å². The van der Waals surface area contributed by atoms with Crippen molar-refractivity contribution in [2.24, 2.45) is 16.2 Å². The monoisotopic (exact) mass is 206 g/mol. The van der Waals surface area contributed by atoms with Crippen molar-refractivity contribution in [3.05, 3.63) is 23.8 Å². The van der Waals surface area contributed by atoms with Gasteiger partial charge in [-0.3, -0.25) is 0 Å². The predicted molar refractivity (Wildman–Crippen MR) is 68.9 cm³/mol. The van der Waals surface area contributed by atoms with E-state index in [4.69, 9.17) is 0 Å². The first-order valence-electron chi connectivity index (χ1n) is 5.96. The third-order valence-electron chi connectivity index (χ3n) is 3.89. The summed E-state index contributed by atoms with van der Waals surface area (Å²) in [6.45, 7) is 16.3. The lowest BCUT2D eigenvalue weighted by atomic mass is 9.62. The van der Waals surface area contributed by atoms with Crippen LogP contribution in [0.3, 0.4) is 0 Å². The molecule has 1 atom stereocenters. The summed E-state index contributed by atoms with van der Waals surface area (Å²) >= 11 is 0. The molecule has 86 valence electrons. The third kappa shape index (κ3) is 2.53. The molecule has 15 heavy (non-hydrogen) atoms. The Bertz CT molecular complexity index is 291. The molecule has 0 heteroatoms. The normalized spacial score (nSPS) is 27.8. The highest BCUT2D eigenvalue weighted by molar-refractivity contribution is 5.32. The van der Waals surface area contributed by atoms with E-state index in [-0.39, 0.29) is 5.41 Å². The first-order chi connectivity index (χ1) is 6.56. The van der Waals surface area contributed by atoms with Gasteiger partial charge in [0.1, 0.15) is 0 Å². The number of rotatable bonds is 0. The maximum Gasteiger partial charge on any atom is -0.00575 e. The summed E-state index contributed by atoms with van der Waals surface area (Å²) in [6.07, 6.45) is 8.29. The third-order valence-corrected chi connectivity index (χ3v) is 3.89. The lowest BCUT2D eigenvalue weighted by molar-refractivity contribution is 0.167. The van der Waals surface area contributed by atoms with Gasteiger partial charge in [0.2, 0.25) is 0 Å². The summed E-state index contributed by atoms with van der Waals surface area (Å²) in [5, 5.41) is 0. The Labute approximate surface area is 95.5 Å². The topological polar surface area (TPSA) is 0 Å². The Balaban J connectivity index is 3.10. The molecule has 0 aromatic heterocycles. The van der Waals surface area contributed by atoms with E-state index in [1.165, 1.54) is 5.57 Å². The molecule has 0 aliphatic heterocycles. The molecule has 0 bridgehead atoms. The van der Waals surface area contributed by atoms with Crippen LogP contribution in [-0.4, -0.2) is 0 Å². The fourth-order valence-corrected chi connectivity index (χ4v) is 1.87. The SMILES string of the molecule is CC(C)(C)C1=CC(C)(C(C)(C)C)CC=C1. The van der Waals surface area contributed by atoms with Crippen LogP contribution in [0.2, 0.25) is 0 Å². The highest BCUT2D eigenvalue weighted by Gasteiger charge is 2.37. The van der Waals surface area contributed by atoms with Crippen LogP contribution in [0.4, 0.5) is 0 Å². The van der Waals surface area contributed by atoms with Crippen LogP contribution in [0, 0.1) is 16.2 Å². The standard InChI is InChI=1S/C15H26/c1-13(2,3)12-9-8-10-15(7,11-12)14(4,5)6/h8-9,11H,10H2,1-7H3. The number of hydrogen-bond donors (Lipinski definition) is 0. The first-order valence-corrected chi connectivity index (χ1v) is 5.96. The Kier molecular flexibility index (Phi) is 2.93. The molecule has 1 aliphatic rings. The van der Waals surface area contributed by atoms with Crippen LogP contribution in [0.15, 0.2) is 23.8 Å². The first kappa shape index (κ1) is 12.5. The second kappa shape index (κ2) is 3.50. The zero-order chi connectivity index (χ0) is 11.9. The van der Waals surface area contributed by atoms with Gasteiger partial charge in [-0.25, -0.2) is 0 Å². The minimum absolute atomic E-state index is 0.267. The molecule has 0 radical (unpaired) electrons. The largest absolute Gasteiger partial charge is 0.0834 e. The maximum absolute atomic E-state index is 2.49. The molecule has 0 heterocycles. The molecule has 0 saturated carbocycles. The van der Waals surface area contributed by atoms with Crippen LogP contribution in [0.5, 0.6) is 0 Å². The second-order valence-electron chi connectivity index (χ2n) is 7.12. The van der Waals surface area contributed by atoms with Gasteiger partial charge in [0.25, 0.3) is 0 Å². The predicted octanol–water partition coefficient (Wildman–Crippen LogP) is 4.97. The minimum atomic E-state index is 0.267. The molecule has 1 unspecified atom stereocenters. The van der Waals surface area contributed by atoms with Gasteiger partial charge in [-0.15, -0.1) is 0 Å². The van der Waals surface area contributed by atoms with Crippen molar-refractivity contribution in [3.63, 3.8) is 0 Å². The van der Waals surface area contributed by atoms with Gasteiger partial charge in [-0.05, 0) is 28.2 Å².